The van der Waals surface area contributed by atoms with Crippen molar-refractivity contribution in [3.63, 3.8) is 0 Å². The SMILES string of the molecule is CNC(=O)COc1cc(C(=N)N)ccc1CNC(=O)c1cccc(N)c1. The second kappa shape index (κ2) is 8.52. The Balaban J connectivity index is 2.14. The molecule has 2 aromatic rings. The molecule has 0 aliphatic rings. The number of anilines is 1. The quantitative estimate of drug-likeness (QED) is 0.281. The Hall–Kier alpha value is -3.55. The van der Waals surface area contributed by atoms with E-state index in [-0.39, 0.29) is 30.8 Å². The minimum atomic E-state index is -0.298. The zero-order chi connectivity index (χ0) is 19.1. The van der Waals surface area contributed by atoms with Gasteiger partial charge in [-0.05, 0) is 24.3 Å². The van der Waals surface area contributed by atoms with Crippen molar-refractivity contribution in [1.29, 1.82) is 5.41 Å². The van der Waals surface area contributed by atoms with Gasteiger partial charge < -0.3 is 26.8 Å². The van der Waals surface area contributed by atoms with Crippen LogP contribution in [0.4, 0.5) is 5.69 Å². The maximum Gasteiger partial charge on any atom is 0.257 e. The zero-order valence-electron chi connectivity index (χ0n) is 14.3. The number of ether oxygens (including phenoxy) is 1. The maximum absolute atomic E-state index is 12.2. The molecule has 0 aliphatic heterocycles. The summed E-state index contributed by atoms with van der Waals surface area (Å²) in [5.41, 5.74) is 13.2. The number of nitrogens with two attached hydrogens (primary N) is 2. The van der Waals surface area contributed by atoms with Crippen LogP contribution in [-0.2, 0) is 11.3 Å². The van der Waals surface area contributed by atoms with Gasteiger partial charge in [0.2, 0.25) is 0 Å². The minimum Gasteiger partial charge on any atom is -0.483 e. The first-order valence-electron chi connectivity index (χ1n) is 7.85. The van der Waals surface area contributed by atoms with Crippen LogP contribution in [0.1, 0.15) is 21.5 Å². The van der Waals surface area contributed by atoms with E-state index < -0.39 is 0 Å². The van der Waals surface area contributed by atoms with Crippen LogP contribution in [0.5, 0.6) is 5.75 Å². The molecule has 8 heteroatoms. The highest BCUT2D eigenvalue weighted by Crippen LogP contribution is 2.21. The van der Waals surface area contributed by atoms with Crippen molar-refractivity contribution in [3.05, 3.63) is 59.2 Å². The summed E-state index contributed by atoms with van der Waals surface area (Å²) in [5.74, 6) is -0.336. The molecule has 7 N–H and O–H groups in total. The van der Waals surface area contributed by atoms with Gasteiger partial charge in [0.15, 0.2) is 6.61 Å². The van der Waals surface area contributed by atoms with Gasteiger partial charge in [-0.2, -0.15) is 0 Å². The molecule has 26 heavy (non-hydrogen) atoms. The van der Waals surface area contributed by atoms with E-state index in [4.69, 9.17) is 21.6 Å². The Morgan fingerprint density at radius 2 is 1.92 bits per heavy atom. The summed E-state index contributed by atoms with van der Waals surface area (Å²) in [4.78, 5) is 23.7. The molecule has 136 valence electrons. The normalized spacial score (nSPS) is 10.0. The molecule has 0 heterocycles. The molecule has 0 fully saturated rings. The lowest BCUT2D eigenvalue weighted by atomic mass is 10.1. The van der Waals surface area contributed by atoms with Crippen molar-refractivity contribution in [2.45, 2.75) is 6.54 Å². The number of hydrogen-bond acceptors (Lipinski definition) is 5. The molecule has 0 unspecified atom stereocenters. The highest BCUT2D eigenvalue weighted by Gasteiger charge is 2.11. The van der Waals surface area contributed by atoms with E-state index in [1.165, 1.54) is 7.05 Å². The van der Waals surface area contributed by atoms with E-state index in [1.54, 1.807) is 42.5 Å². The minimum absolute atomic E-state index is 0.120. The highest BCUT2D eigenvalue weighted by atomic mass is 16.5. The molecule has 0 aliphatic carbocycles. The Labute approximate surface area is 151 Å². The van der Waals surface area contributed by atoms with Gasteiger partial charge in [-0.3, -0.25) is 15.0 Å². The third-order valence-electron chi connectivity index (χ3n) is 3.60. The molecule has 2 rings (SSSR count). The standard InChI is InChI=1S/C18H21N5O3/c1-22-16(24)10-26-15-8-11(17(20)21)5-6-13(15)9-23-18(25)12-3-2-4-14(19)7-12/h2-8H,9-10,19H2,1H3,(H3,20,21)(H,22,24)(H,23,25). The molecule has 0 spiro atoms. The second-order valence-electron chi connectivity index (χ2n) is 5.51. The number of carbonyl (C=O) groups is 2. The number of amides is 2. The fourth-order valence-electron chi connectivity index (χ4n) is 2.18. The fourth-order valence-corrected chi connectivity index (χ4v) is 2.18. The van der Waals surface area contributed by atoms with Gasteiger partial charge in [0, 0.05) is 36.0 Å². The van der Waals surface area contributed by atoms with Gasteiger partial charge in [-0.15, -0.1) is 0 Å². The molecule has 0 aromatic heterocycles. The van der Waals surface area contributed by atoms with Crippen LogP contribution in [0.25, 0.3) is 0 Å². The summed E-state index contributed by atoms with van der Waals surface area (Å²) in [6, 6.07) is 11.5. The molecule has 0 radical (unpaired) electrons. The third kappa shape index (κ3) is 4.97. The first-order valence-corrected chi connectivity index (χ1v) is 7.85. The second-order valence-corrected chi connectivity index (χ2v) is 5.51. The first-order chi connectivity index (χ1) is 12.4. The van der Waals surface area contributed by atoms with Crippen molar-refractivity contribution >= 4 is 23.3 Å². The Morgan fingerprint density at radius 1 is 1.15 bits per heavy atom. The van der Waals surface area contributed by atoms with Crippen LogP contribution in [0.3, 0.4) is 0 Å². The average molecular weight is 355 g/mol. The topological polar surface area (TPSA) is 143 Å². The maximum atomic E-state index is 12.2. The Kier molecular flexibility index (Phi) is 6.15. The van der Waals surface area contributed by atoms with E-state index in [9.17, 15) is 9.59 Å². The van der Waals surface area contributed by atoms with E-state index in [0.29, 0.717) is 28.1 Å². The molecule has 2 amide bonds. The van der Waals surface area contributed by atoms with Gasteiger partial charge in [-0.25, -0.2) is 0 Å². The number of carbonyl (C=O) groups excluding carboxylic acids is 2. The van der Waals surface area contributed by atoms with Gasteiger partial charge in [-0.1, -0.05) is 18.2 Å². The summed E-state index contributed by atoms with van der Waals surface area (Å²) in [6.45, 7) is -0.0110. The molecule has 0 bridgehead atoms. The van der Waals surface area contributed by atoms with Crippen LogP contribution in [0.2, 0.25) is 0 Å². The molecule has 0 atom stereocenters. The fraction of sp³-hybridized carbons (Fsp3) is 0.167. The summed E-state index contributed by atoms with van der Waals surface area (Å²) >= 11 is 0. The molecular formula is C18H21N5O3. The third-order valence-corrected chi connectivity index (χ3v) is 3.60. The zero-order valence-corrected chi connectivity index (χ0v) is 14.3. The average Bonchev–Trinajstić information content (AvgIpc) is 2.64. The highest BCUT2D eigenvalue weighted by molar-refractivity contribution is 5.96. The number of benzene rings is 2. The smallest absolute Gasteiger partial charge is 0.257 e. The summed E-state index contributed by atoms with van der Waals surface area (Å²) in [7, 11) is 1.50. The largest absolute Gasteiger partial charge is 0.483 e. The predicted molar refractivity (Wildman–Crippen MR) is 99.0 cm³/mol. The number of amidine groups is 1. The number of hydrogen-bond donors (Lipinski definition) is 5. The number of likely N-dealkylation sites (N-methyl/N-ethyl adjacent to an activating group) is 1. The van der Waals surface area contributed by atoms with Crippen molar-refractivity contribution in [3.8, 4) is 5.75 Å². The van der Waals surface area contributed by atoms with Crippen LogP contribution < -0.4 is 26.8 Å². The van der Waals surface area contributed by atoms with Gasteiger partial charge >= 0.3 is 0 Å². The number of rotatable bonds is 7. The first kappa shape index (κ1) is 18.8. The Morgan fingerprint density at radius 3 is 2.58 bits per heavy atom. The van der Waals surface area contributed by atoms with E-state index in [0.717, 1.165) is 0 Å². The lowest BCUT2D eigenvalue weighted by Crippen LogP contribution is -2.26. The van der Waals surface area contributed by atoms with Crippen molar-refractivity contribution in [1.82, 2.24) is 10.6 Å². The van der Waals surface area contributed by atoms with Crippen LogP contribution in [0.15, 0.2) is 42.5 Å². The number of nitrogens with one attached hydrogen (secondary N) is 3. The summed E-state index contributed by atoms with van der Waals surface area (Å²) in [6.07, 6.45) is 0. The molecule has 2 aromatic carbocycles. The van der Waals surface area contributed by atoms with Crippen molar-refractivity contribution < 1.29 is 14.3 Å². The van der Waals surface area contributed by atoms with Crippen LogP contribution >= 0.6 is 0 Å². The molecule has 0 saturated heterocycles. The molecule has 8 nitrogen and oxygen atoms in total. The van der Waals surface area contributed by atoms with Crippen molar-refractivity contribution in [2.24, 2.45) is 5.73 Å². The number of nitrogen functional groups attached to an aromatic ring is 2. The molecular weight excluding hydrogens is 334 g/mol. The van der Waals surface area contributed by atoms with Gasteiger partial charge in [0.25, 0.3) is 11.8 Å². The van der Waals surface area contributed by atoms with Crippen molar-refractivity contribution in [2.75, 3.05) is 19.4 Å². The van der Waals surface area contributed by atoms with E-state index in [2.05, 4.69) is 10.6 Å². The lowest BCUT2D eigenvalue weighted by Gasteiger charge is -2.13. The van der Waals surface area contributed by atoms with E-state index in [1.807, 2.05) is 0 Å². The van der Waals surface area contributed by atoms with E-state index >= 15 is 0 Å². The predicted octanol–water partition coefficient (Wildman–Crippen LogP) is 0.608. The Bertz CT molecular complexity index is 835. The molecule has 0 saturated carbocycles. The van der Waals surface area contributed by atoms with Gasteiger partial charge in [0.1, 0.15) is 11.6 Å². The van der Waals surface area contributed by atoms with Gasteiger partial charge in [0.05, 0.1) is 0 Å². The monoisotopic (exact) mass is 355 g/mol. The summed E-state index contributed by atoms with van der Waals surface area (Å²) < 4.78 is 5.50. The van der Waals surface area contributed by atoms with Crippen LogP contribution in [0, 0.1) is 5.41 Å². The van der Waals surface area contributed by atoms with Crippen LogP contribution in [-0.4, -0.2) is 31.3 Å². The summed E-state index contributed by atoms with van der Waals surface area (Å²) in [5, 5.41) is 12.7. The lowest BCUT2D eigenvalue weighted by molar-refractivity contribution is -0.122.